The molecule has 0 saturated carbocycles. The van der Waals surface area contributed by atoms with E-state index in [1.54, 1.807) is 29.3 Å². The van der Waals surface area contributed by atoms with E-state index in [0.29, 0.717) is 17.8 Å². The minimum absolute atomic E-state index is 0.00804. The molecule has 0 unspecified atom stereocenters. The molecule has 2 heterocycles. The summed E-state index contributed by atoms with van der Waals surface area (Å²) in [6, 6.07) is 24.9. The van der Waals surface area contributed by atoms with Crippen LogP contribution in [0.25, 0.3) is 23.0 Å². The van der Waals surface area contributed by atoms with Crippen LogP contribution in [0.2, 0.25) is 0 Å². The second-order valence-electron chi connectivity index (χ2n) is 6.79. The Kier molecular flexibility index (Phi) is 5.96. The maximum atomic E-state index is 12.6. The number of nitrogens with zero attached hydrogens (tertiary/aromatic N) is 4. The van der Waals surface area contributed by atoms with Gasteiger partial charge in [-0.2, -0.15) is 10.4 Å². The molecule has 1 amide bonds. The van der Waals surface area contributed by atoms with Gasteiger partial charge < -0.3 is 5.32 Å². The van der Waals surface area contributed by atoms with Crippen molar-refractivity contribution in [1.82, 2.24) is 20.1 Å². The first-order valence-corrected chi connectivity index (χ1v) is 9.74. The predicted octanol–water partition coefficient (Wildman–Crippen LogP) is 4.16. The average Bonchev–Trinajstić information content (AvgIpc) is 3.27. The number of nitriles is 1. The van der Waals surface area contributed by atoms with Gasteiger partial charge in [0.1, 0.15) is 17.3 Å². The first-order valence-electron chi connectivity index (χ1n) is 9.74. The van der Waals surface area contributed by atoms with Gasteiger partial charge in [0.2, 0.25) is 0 Å². The normalized spacial score (nSPS) is 11.0. The number of carbonyl (C=O) groups is 1. The topological polar surface area (TPSA) is 83.6 Å². The van der Waals surface area contributed by atoms with Gasteiger partial charge in [0, 0.05) is 36.3 Å². The van der Waals surface area contributed by atoms with Crippen LogP contribution in [0.1, 0.15) is 11.1 Å². The van der Waals surface area contributed by atoms with Gasteiger partial charge in [-0.15, -0.1) is 0 Å². The lowest BCUT2D eigenvalue weighted by Gasteiger charge is -2.04. The summed E-state index contributed by atoms with van der Waals surface area (Å²) in [7, 11) is 0. The largest absolute Gasteiger partial charge is 0.347 e. The summed E-state index contributed by atoms with van der Waals surface area (Å²) in [5, 5.41) is 17.1. The van der Waals surface area contributed by atoms with Crippen molar-refractivity contribution in [3.8, 4) is 23.0 Å². The molecule has 0 spiro atoms. The molecule has 1 N–H and O–H groups in total. The molecule has 4 rings (SSSR count). The molecule has 6 heteroatoms. The Morgan fingerprint density at radius 2 is 1.77 bits per heavy atom. The lowest BCUT2D eigenvalue weighted by molar-refractivity contribution is -0.117. The van der Waals surface area contributed by atoms with Crippen molar-refractivity contribution >= 4 is 12.0 Å². The molecule has 0 aliphatic carbocycles. The van der Waals surface area contributed by atoms with Crippen LogP contribution in [0, 0.1) is 11.3 Å². The second kappa shape index (κ2) is 9.33. The Bertz CT molecular complexity index is 1240. The minimum atomic E-state index is -0.434. The zero-order valence-corrected chi connectivity index (χ0v) is 16.6. The molecular formula is C25H19N5O. The number of hydrogen-bond acceptors (Lipinski definition) is 4. The number of rotatable bonds is 6. The van der Waals surface area contributed by atoms with Crippen LogP contribution in [0.3, 0.4) is 0 Å². The lowest BCUT2D eigenvalue weighted by Crippen LogP contribution is -2.23. The van der Waals surface area contributed by atoms with E-state index in [2.05, 4.69) is 15.4 Å². The fourth-order valence-corrected chi connectivity index (χ4v) is 3.11. The van der Waals surface area contributed by atoms with E-state index in [1.165, 1.54) is 0 Å². The summed E-state index contributed by atoms with van der Waals surface area (Å²) < 4.78 is 1.73. The molecule has 150 valence electrons. The van der Waals surface area contributed by atoms with Gasteiger partial charge in [-0.3, -0.25) is 9.78 Å². The van der Waals surface area contributed by atoms with Gasteiger partial charge in [0.05, 0.1) is 5.69 Å². The number of carbonyl (C=O) groups excluding carboxylic acids is 1. The predicted molar refractivity (Wildman–Crippen MR) is 119 cm³/mol. The molecule has 31 heavy (non-hydrogen) atoms. The van der Waals surface area contributed by atoms with Gasteiger partial charge in [-0.25, -0.2) is 4.68 Å². The molecule has 4 aromatic rings. The highest BCUT2D eigenvalue weighted by molar-refractivity contribution is 6.02. The maximum Gasteiger partial charge on any atom is 0.262 e. The van der Waals surface area contributed by atoms with Crippen molar-refractivity contribution in [2.75, 3.05) is 0 Å². The van der Waals surface area contributed by atoms with Crippen molar-refractivity contribution in [3.05, 3.63) is 108 Å². The number of para-hydroxylation sites is 1. The van der Waals surface area contributed by atoms with Crippen molar-refractivity contribution in [2.45, 2.75) is 6.54 Å². The standard InChI is InChI=1S/C25H19N5O/c26-15-21(25(31)28-16-19-8-3-1-4-9-19)14-22-18-30(23-11-5-2-6-12-23)29-24(22)20-10-7-13-27-17-20/h1-14,17-18H,16H2,(H,28,31)/b21-14+. The van der Waals surface area contributed by atoms with Crippen LogP contribution in [-0.4, -0.2) is 20.7 Å². The first kappa shape index (κ1) is 19.8. The van der Waals surface area contributed by atoms with Crippen LogP contribution in [-0.2, 0) is 11.3 Å². The highest BCUT2D eigenvalue weighted by Gasteiger charge is 2.15. The SMILES string of the molecule is N#C/C(=C\c1cn(-c2ccccc2)nc1-c1cccnc1)C(=O)NCc1ccccc1. The first-order chi connectivity index (χ1) is 15.2. The van der Waals surface area contributed by atoms with Gasteiger partial charge in [-0.1, -0.05) is 48.5 Å². The van der Waals surface area contributed by atoms with Gasteiger partial charge in [0.25, 0.3) is 5.91 Å². The van der Waals surface area contributed by atoms with Gasteiger partial charge in [0.15, 0.2) is 0 Å². The molecule has 0 atom stereocenters. The molecule has 0 radical (unpaired) electrons. The molecular weight excluding hydrogens is 386 g/mol. The summed E-state index contributed by atoms with van der Waals surface area (Å²) in [6.07, 6.45) is 6.76. The molecule has 0 aliphatic heterocycles. The van der Waals surface area contributed by atoms with Crippen LogP contribution in [0.4, 0.5) is 0 Å². The zero-order valence-electron chi connectivity index (χ0n) is 16.6. The Balaban J connectivity index is 1.67. The number of hydrogen-bond donors (Lipinski definition) is 1. The maximum absolute atomic E-state index is 12.6. The van der Waals surface area contributed by atoms with E-state index >= 15 is 0 Å². The van der Waals surface area contributed by atoms with Crippen molar-refractivity contribution in [1.29, 1.82) is 5.26 Å². The third-order valence-corrected chi connectivity index (χ3v) is 4.66. The monoisotopic (exact) mass is 405 g/mol. The fourth-order valence-electron chi connectivity index (χ4n) is 3.11. The molecule has 0 bridgehead atoms. The fraction of sp³-hybridized carbons (Fsp3) is 0.0400. The highest BCUT2D eigenvalue weighted by atomic mass is 16.1. The lowest BCUT2D eigenvalue weighted by atomic mass is 10.1. The summed E-state index contributed by atoms with van der Waals surface area (Å²) in [6.45, 7) is 0.345. The summed E-state index contributed by atoms with van der Waals surface area (Å²) in [5.41, 5.74) is 3.93. The number of amides is 1. The number of aromatic nitrogens is 3. The number of benzene rings is 2. The van der Waals surface area contributed by atoms with E-state index in [1.807, 2.05) is 78.9 Å². The summed E-state index contributed by atoms with van der Waals surface area (Å²) in [4.78, 5) is 16.8. The molecule has 0 aliphatic rings. The third kappa shape index (κ3) is 4.74. The van der Waals surface area contributed by atoms with E-state index in [-0.39, 0.29) is 5.57 Å². The van der Waals surface area contributed by atoms with E-state index in [9.17, 15) is 10.1 Å². The smallest absolute Gasteiger partial charge is 0.262 e. The average molecular weight is 405 g/mol. The zero-order chi connectivity index (χ0) is 21.5. The molecule has 2 aromatic heterocycles. The molecule has 0 saturated heterocycles. The van der Waals surface area contributed by atoms with Gasteiger partial charge >= 0.3 is 0 Å². The van der Waals surface area contributed by atoms with E-state index in [0.717, 1.165) is 16.8 Å². The minimum Gasteiger partial charge on any atom is -0.347 e. The molecule has 2 aromatic carbocycles. The number of pyridine rings is 1. The summed E-state index contributed by atoms with van der Waals surface area (Å²) in [5.74, 6) is -0.434. The quantitative estimate of drug-likeness (QED) is 0.386. The van der Waals surface area contributed by atoms with Crippen LogP contribution >= 0.6 is 0 Å². The third-order valence-electron chi connectivity index (χ3n) is 4.66. The Morgan fingerprint density at radius 3 is 2.45 bits per heavy atom. The Labute approximate surface area is 180 Å². The second-order valence-corrected chi connectivity index (χ2v) is 6.79. The highest BCUT2D eigenvalue weighted by Crippen LogP contribution is 2.25. The summed E-state index contributed by atoms with van der Waals surface area (Å²) >= 11 is 0. The Morgan fingerprint density at radius 1 is 1.03 bits per heavy atom. The molecule has 0 fully saturated rings. The number of nitrogens with one attached hydrogen (secondary N) is 1. The van der Waals surface area contributed by atoms with E-state index in [4.69, 9.17) is 0 Å². The van der Waals surface area contributed by atoms with E-state index < -0.39 is 5.91 Å². The van der Waals surface area contributed by atoms with Crippen molar-refractivity contribution in [3.63, 3.8) is 0 Å². The Hall–Kier alpha value is -4.50. The van der Waals surface area contributed by atoms with Gasteiger partial charge in [-0.05, 0) is 35.9 Å². The van der Waals surface area contributed by atoms with Crippen molar-refractivity contribution < 1.29 is 4.79 Å². The van der Waals surface area contributed by atoms with Crippen molar-refractivity contribution in [2.24, 2.45) is 0 Å². The van der Waals surface area contributed by atoms with Crippen LogP contribution in [0.15, 0.2) is 97.0 Å². The van der Waals surface area contributed by atoms with Crippen LogP contribution in [0.5, 0.6) is 0 Å². The van der Waals surface area contributed by atoms with Crippen LogP contribution < -0.4 is 5.32 Å². The molecule has 6 nitrogen and oxygen atoms in total.